The molecule has 0 radical (unpaired) electrons. The number of anilines is 2. The van der Waals surface area contributed by atoms with Crippen LogP contribution in [0.25, 0.3) is 32.7 Å². The molecule has 0 unspecified atom stereocenters. The summed E-state index contributed by atoms with van der Waals surface area (Å²) >= 11 is 1.59. The van der Waals surface area contributed by atoms with E-state index in [1.165, 1.54) is 12.3 Å². The fourth-order valence-electron chi connectivity index (χ4n) is 6.24. The van der Waals surface area contributed by atoms with Crippen LogP contribution >= 0.6 is 11.3 Å². The highest BCUT2D eigenvalue weighted by Gasteiger charge is 2.59. The fourth-order valence-corrected chi connectivity index (χ4v) is 7.29. The summed E-state index contributed by atoms with van der Waals surface area (Å²) in [4.78, 5) is 13.4. The van der Waals surface area contributed by atoms with Gasteiger partial charge in [0, 0.05) is 54.8 Å². The van der Waals surface area contributed by atoms with E-state index in [4.69, 9.17) is 4.98 Å². The maximum atomic E-state index is 16.1. The lowest BCUT2D eigenvalue weighted by Gasteiger charge is -2.39. The minimum absolute atomic E-state index is 0.00610. The summed E-state index contributed by atoms with van der Waals surface area (Å²) in [5.74, 6) is -4.43. The second-order valence-electron chi connectivity index (χ2n) is 11.5. The first-order chi connectivity index (χ1) is 22.7. The normalized spacial score (nSPS) is 17.8. The molecule has 3 aromatic carbocycles. The maximum absolute atomic E-state index is 16.1. The minimum Gasteiger partial charge on any atom is -0.377 e. The van der Waals surface area contributed by atoms with E-state index in [1.54, 1.807) is 23.5 Å². The predicted molar refractivity (Wildman–Crippen MR) is 169 cm³/mol. The Bertz CT molecular complexity index is 2170. The molecule has 0 amide bonds. The highest BCUT2D eigenvalue weighted by atomic mass is 32.1. The van der Waals surface area contributed by atoms with Crippen molar-refractivity contribution in [3.8, 4) is 28.6 Å². The van der Waals surface area contributed by atoms with Crippen molar-refractivity contribution < 1.29 is 18.3 Å². The van der Waals surface area contributed by atoms with E-state index in [9.17, 15) is 14.8 Å². The van der Waals surface area contributed by atoms with Crippen LogP contribution in [-0.4, -0.2) is 61.5 Å². The SMILES string of the molecule is N#Cc1ccc2nc(N3CCN(c4ccc(-c5ccc(C(F)(F)[C@]6(O)Cn7nnnc7-c7cc(F)ccc76)nc5)cc4)CC3)sc2c1. The van der Waals surface area contributed by atoms with Crippen molar-refractivity contribution >= 4 is 32.4 Å². The molecule has 0 saturated carbocycles. The van der Waals surface area contributed by atoms with E-state index in [2.05, 4.69) is 36.4 Å². The van der Waals surface area contributed by atoms with Gasteiger partial charge in [-0.15, -0.1) is 5.10 Å². The van der Waals surface area contributed by atoms with E-state index in [0.717, 1.165) is 75.7 Å². The monoisotopic (exact) mass is 651 g/mol. The average Bonchev–Trinajstić information content (AvgIpc) is 3.75. The third kappa shape index (κ3) is 4.77. The van der Waals surface area contributed by atoms with Gasteiger partial charge in [0.25, 0.3) is 0 Å². The van der Waals surface area contributed by atoms with Crippen molar-refractivity contribution in [3.05, 3.63) is 102 Å². The van der Waals surface area contributed by atoms with Crippen LogP contribution in [0.15, 0.2) is 79.0 Å². The second-order valence-corrected chi connectivity index (χ2v) is 12.5. The van der Waals surface area contributed by atoms with Crippen LogP contribution < -0.4 is 9.80 Å². The Hall–Kier alpha value is -5.39. The number of hydrogen-bond acceptors (Lipinski definition) is 10. The molecule has 8 rings (SSSR count). The largest absolute Gasteiger partial charge is 0.377 e. The van der Waals surface area contributed by atoms with Crippen molar-refractivity contribution in [2.75, 3.05) is 36.0 Å². The molecule has 0 spiro atoms. The number of halogens is 3. The van der Waals surface area contributed by atoms with Crippen molar-refractivity contribution in [1.29, 1.82) is 5.26 Å². The first-order valence-electron chi connectivity index (χ1n) is 14.8. The molecule has 47 heavy (non-hydrogen) atoms. The van der Waals surface area contributed by atoms with Gasteiger partial charge in [-0.1, -0.05) is 35.6 Å². The van der Waals surface area contributed by atoms with Gasteiger partial charge in [0.15, 0.2) is 16.6 Å². The number of hydrogen-bond donors (Lipinski definition) is 1. The Morgan fingerprint density at radius 1 is 0.915 bits per heavy atom. The van der Waals surface area contributed by atoms with Gasteiger partial charge in [0.05, 0.1) is 28.4 Å². The summed E-state index contributed by atoms with van der Waals surface area (Å²) in [6.07, 6.45) is 1.36. The number of fused-ring (bicyclic) bond motifs is 4. The molecule has 1 saturated heterocycles. The van der Waals surface area contributed by atoms with Crippen molar-refractivity contribution in [3.63, 3.8) is 0 Å². The maximum Gasteiger partial charge on any atom is 0.323 e. The molecule has 14 heteroatoms. The summed E-state index contributed by atoms with van der Waals surface area (Å²) in [5.41, 5.74) is 0.409. The molecule has 2 aliphatic rings. The van der Waals surface area contributed by atoms with Gasteiger partial charge < -0.3 is 14.9 Å². The Morgan fingerprint density at radius 3 is 2.43 bits per heavy atom. The molecule has 234 valence electrons. The summed E-state index contributed by atoms with van der Waals surface area (Å²) in [6, 6.07) is 21.5. The summed E-state index contributed by atoms with van der Waals surface area (Å²) in [5, 5.41) is 32.7. The molecule has 10 nitrogen and oxygen atoms in total. The molecule has 3 aromatic heterocycles. The van der Waals surface area contributed by atoms with E-state index in [1.807, 2.05) is 36.4 Å². The van der Waals surface area contributed by atoms with Crippen LogP contribution in [0.5, 0.6) is 0 Å². The standard InChI is InChI=1S/C33H24F3N9OS/c34-23-5-8-26-25(16-23)30-40-41-42-45(30)19-32(26,46)33(35,36)29-10-4-22(18-38-29)21-2-6-24(7-3-21)43-11-13-44(14-12-43)31-39-27-9-1-20(17-37)15-28(27)47-31/h1-10,15-16,18,46H,11-14,19H2/t32-/m0/s1. The van der Waals surface area contributed by atoms with Crippen LogP contribution in [0, 0.1) is 17.1 Å². The number of rotatable bonds is 5. The predicted octanol–water partition coefficient (Wildman–Crippen LogP) is 5.34. The Kier molecular flexibility index (Phi) is 6.71. The quantitative estimate of drug-likeness (QED) is 0.263. The second kappa shape index (κ2) is 10.9. The van der Waals surface area contributed by atoms with Crippen LogP contribution in [-0.2, 0) is 18.1 Å². The highest BCUT2D eigenvalue weighted by Crippen LogP contribution is 2.50. The first kappa shape index (κ1) is 29.0. The van der Waals surface area contributed by atoms with Gasteiger partial charge >= 0.3 is 5.92 Å². The molecular formula is C33H24F3N9OS. The lowest BCUT2D eigenvalue weighted by Crippen LogP contribution is -2.49. The number of pyridine rings is 1. The van der Waals surface area contributed by atoms with Gasteiger partial charge in [-0.05, 0) is 64.5 Å². The molecule has 2 aliphatic heterocycles. The number of benzene rings is 3. The number of tetrazole rings is 1. The first-order valence-corrected chi connectivity index (χ1v) is 15.6. The number of piperazine rings is 1. The number of thiazole rings is 1. The van der Waals surface area contributed by atoms with E-state index < -0.39 is 29.6 Å². The number of nitrogens with zero attached hydrogens (tertiary/aromatic N) is 9. The number of nitriles is 1. The third-order valence-electron chi connectivity index (χ3n) is 8.81. The summed E-state index contributed by atoms with van der Waals surface area (Å²) in [6.45, 7) is 2.56. The van der Waals surface area contributed by atoms with Crippen LogP contribution in [0.2, 0.25) is 0 Å². The molecule has 1 fully saturated rings. The number of aliphatic hydroxyl groups is 1. The Balaban J connectivity index is 0.970. The topological polar surface area (TPSA) is 120 Å². The van der Waals surface area contributed by atoms with Gasteiger partial charge in [0.1, 0.15) is 11.5 Å². The third-order valence-corrected chi connectivity index (χ3v) is 9.88. The van der Waals surface area contributed by atoms with Crippen molar-refractivity contribution in [1.82, 2.24) is 30.2 Å². The zero-order valence-corrected chi connectivity index (χ0v) is 25.4. The van der Waals surface area contributed by atoms with Crippen molar-refractivity contribution in [2.45, 2.75) is 18.1 Å². The number of aromatic nitrogens is 6. The molecule has 1 N–H and O–H groups in total. The van der Waals surface area contributed by atoms with Crippen LogP contribution in [0.4, 0.5) is 24.0 Å². The smallest absolute Gasteiger partial charge is 0.323 e. The average molecular weight is 652 g/mol. The van der Waals surface area contributed by atoms with Gasteiger partial charge in [-0.25, -0.2) is 14.1 Å². The minimum atomic E-state index is -3.86. The lowest BCUT2D eigenvalue weighted by molar-refractivity contribution is -0.207. The molecule has 1 atom stereocenters. The summed E-state index contributed by atoms with van der Waals surface area (Å²) in [7, 11) is 0. The van der Waals surface area contributed by atoms with E-state index >= 15 is 8.78 Å². The van der Waals surface area contributed by atoms with Crippen LogP contribution in [0.3, 0.4) is 0 Å². The molecule has 0 aliphatic carbocycles. The van der Waals surface area contributed by atoms with Gasteiger partial charge in [-0.3, -0.25) is 4.98 Å². The zero-order chi connectivity index (χ0) is 32.3. The van der Waals surface area contributed by atoms with Crippen LogP contribution in [0.1, 0.15) is 16.8 Å². The lowest BCUT2D eigenvalue weighted by atomic mass is 9.80. The zero-order valence-electron chi connectivity index (χ0n) is 24.6. The van der Waals surface area contributed by atoms with E-state index in [0.29, 0.717) is 11.1 Å². The number of alkyl halides is 2. The molecule has 6 aromatic rings. The molecule has 5 heterocycles. The van der Waals surface area contributed by atoms with Gasteiger partial charge in [0.2, 0.25) is 0 Å². The van der Waals surface area contributed by atoms with E-state index in [-0.39, 0.29) is 17.0 Å². The summed E-state index contributed by atoms with van der Waals surface area (Å²) < 4.78 is 48.3. The van der Waals surface area contributed by atoms with Crippen molar-refractivity contribution in [2.24, 2.45) is 0 Å². The Labute approximate surface area is 270 Å². The Morgan fingerprint density at radius 2 is 1.68 bits per heavy atom. The fraction of sp³-hybridized carbons (Fsp3) is 0.212. The highest BCUT2D eigenvalue weighted by molar-refractivity contribution is 7.22. The molecular weight excluding hydrogens is 627 g/mol. The van der Waals surface area contributed by atoms with Gasteiger partial charge in [-0.2, -0.15) is 14.0 Å². The molecule has 0 bridgehead atoms.